The van der Waals surface area contributed by atoms with Gasteiger partial charge in [0.1, 0.15) is 57.3 Å². The fourth-order valence-corrected chi connectivity index (χ4v) is 6.29. The monoisotopic (exact) mass is 882 g/mol. The minimum absolute atomic E-state index is 0.169. The van der Waals surface area contributed by atoms with Gasteiger partial charge in [0, 0.05) is 0 Å². The Morgan fingerprint density at radius 1 is 0.354 bits per heavy atom. The smallest absolute Gasteiger partial charge is 0.347 e. The molecule has 0 heterocycles. The second-order valence-electron chi connectivity index (χ2n) is 14.4. The number of rotatable bonds is 23. The van der Waals surface area contributed by atoms with Crippen LogP contribution in [0.5, 0.6) is 51.7 Å². The lowest BCUT2D eigenvalue weighted by molar-refractivity contribution is 0.0716. The molecule has 6 aromatic carbocycles. The maximum absolute atomic E-state index is 13.3. The maximum atomic E-state index is 13.3. The molecule has 0 amide bonds. The fraction of sp³-hybridized carbons (Fsp3) is 0.231. The summed E-state index contributed by atoms with van der Waals surface area (Å²) in [7, 11) is 3.10. The molecule has 6 aromatic rings. The predicted molar refractivity (Wildman–Crippen MR) is 241 cm³/mol. The van der Waals surface area contributed by atoms with E-state index in [1.807, 2.05) is 6.92 Å². The zero-order valence-corrected chi connectivity index (χ0v) is 36.5. The van der Waals surface area contributed by atoms with Crippen LogP contribution in [0.4, 0.5) is 0 Å². The molecule has 0 aliphatic heterocycles. The second-order valence-corrected chi connectivity index (χ2v) is 14.4. The largest absolute Gasteiger partial charge is 0.497 e. The first-order valence-corrected chi connectivity index (χ1v) is 21.2. The summed E-state index contributed by atoms with van der Waals surface area (Å²) >= 11 is 0. The van der Waals surface area contributed by atoms with Gasteiger partial charge >= 0.3 is 23.9 Å². The Morgan fingerprint density at radius 3 is 1.12 bits per heavy atom. The van der Waals surface area contributed by atoms with Gasteiger partial charge in [-0.2, -0.15) is 0 Å². The summed E-state index contributed by atoms with van der Waals surface area (Å²) in [5.41, 5.74) is 0.947. The molecule has 0 aromatic heterocycles. The van der Waals surface area contributed by atoms with Gasteiger partial charge in [-0.05, 0) is 159 Å². The molecule has 13 nitrogen and oxygen atoms in total. The summed E-state index contributed by atoms with van der Waals surface area (Å²) in [4.78, 5) is 51.6. The average Bonchev–Trinajstić information content (AvgIpc) is 3.33. The lowest BCUT2D eigenvalue weighted by Gasteiger charge is -2.13. The third-order valence-corrected chi connectivity index (χ3v) is 9.78. The summed E-state index contributed by atoms with van der Waals surface area (Å²) in [6, 6.07) is 37.3. The van der Waals surface area contributed by atoms with Crippen molar-refractivity contribution in [3.8, 4) is 51.7 Å². The van der Waals surface area contributed by atoms with Crippen LogP contribution in [0.15, 0.2) is 140 Å². The van der Waals surface area contributed by atoms with E-state index in [4.69, 9.17) is 42.6 Å². The van der Waals surface area contributed by atoms with Crippen LogP contribution in [0.1, 0.15) is 86.9 Å². The normalized spacial score (nSPS) is 10.6. The van der Waals surface area contributed by atoms with Crippen molar-refractivity contribution in [2.24, 2.45) is 0 Å². The van der Waals surface area contributed by atoms with E-state index in [1.54, 1.807) is 111 Å². The molecule has 0 saturated carbocycles. The van der Waals surface area contributed by atoms with Crippen LogP contribution in [-0.4, -0.2) is 57.9 Å². The van der Waals surface area contributed by atoms with Gasteiger partial charge in [-0.1, -0.05) is 25.7 Å². The van der Waals surface area contributed by atoms with Crippen LogP contribution < -0.4 is 42.6 Å². The third kappa shape index (κ3) is 14.4. The quantitative estimate of drug-likeness (QED) is 0.0341. The Hall–Kier alpha value is -7.80. The number of unbranched alkanes of at least 4 members (excludes halogenated alkanes) is 5. The van der Waals surface area contributed by atoms with Gasteiger partial charge in [0.25, 0.3) is 0 Å². The average molecular weight is 883 g/mol. The molecule has 0 aliphatic carbocycles. The van der Waals surface area contributed by atoms with Crippen molar-refractivity contribution in [3.63, 3.8) is 0 Å². The van der Waals surface area contributed by atoms with Crippen molar-refractivity contribution in [2.45, 2.75) is 45.4 Å². The van der Waals surface area contributed by atoms with Crippen molar-refractivity contribution in [1.82, 2.24) is 0 Å². The Kier molecular flexibility index (Phi) is 17.4. The summed E-state index contributed by atoms with van der Waals surface area (Å²) in [5.74, 6) is 1.84. The Balaban J connectivity index is 0.889. The first kappa shape index (κ1) is 46.7. The molecule has 0 unspecified atom stereocenters. The van der Waals surface area contributed by atoms with Gasteiger partial charge in [0.15, 0.2) is 0 Å². The number of carbonyl (C=O) groups excluding carboxylic acids is 4. The minimum Gasteiger partial charge on any atom is -0.497 e. The number of carbonyl (C=O) groups is 4. The highest BCUT2D eigenvalue weighted by molar-refractivity contribution is 5.98. The van der Waals surface area contributed by atoms with E-state index in [0.29, 0.717) is 65.8 Å². The molecule has 0 radical (unpaired) electrons. The first-order valence-electron chi connectivity index (χ1n) is 21.2. The van der Waals surface area contributed by atoms with Gasteiger partial charge in [-0.3, -0.25) is 0 Å². The molecule has 65 heavy (non-hydrogen) atoms. The molecule has 0 bridgehead atoms. The topological polar surface area (TPSA) is 151 Å². The van der Waals surface area contributed by atoms with E-state index in [2.05, 4.69) is 0 Å². The third-order valence-electron chi connectivity index (χ3n) is 9.78. The van der Waals surface area contributed by atoms with E-state index in [-0.39, 0.29) is 28.0 Å². The van der Waals surface area contributed by atoms with Crippen molar-refractivity contribution in [2.75, 3.05) is 34.0 Å². The Morgan fingerprint density at radius 2 is 0.692 bits per heavy atom. The van der Waals surface area contributed by atoms with Crippen molar-refractivity contribution in [3.05, 3.63) is 162 Å². The predicted octanol–water partition coefficient (Wildman–Crippen LogP) is 10.8. The number of esters is 4. The molecule has 0 aliphatic rings. The van der Waals surface area contributed by atoms with E-state index in [1.165, 1.54) is 42.5 Å². The molecule has 0 N–H and O–H groups in total. The van der Waals surface area contributed by atoms with Gasteiger partial charge < -0.3 is 42.6 Å². The SMILES string of the molecule is CCOc1ccc(OC(=O)c2ccc(C(=O)Oc3ccc(OCCCCCCCCOc4cc(C(=O)Oc5ccc(OC)cc5)ccc4C(=O)Oc4ccc(OC)cc4)cc3)cc2)cc1. The lowest BCUT2D eigenvalue weighted by atomic mass is 10.1. The minimum atomic E-state index is -0.635. The molecular formula is C52H50O13. The van der Waals surface area contributed by atoms with E-state index in [0.717, 1.165) is 38.5 Å². The highest BCUT2D eigenvalue weighted by Gasteiger charge is 2.20. The van der Waals surface area contributed by atoms with Gasteiger partial charge in [0.05, 0.1) is 50.7 Å². The van der Waals surface area contributed by atoms with Crippen LogP contribution in [-0.2, 0) is 0 Å². The van der Waals surface area contributed by atoms with Gasteiger partial charge in [-0.25, -0.2) is 19.2 Å². The van der Waals surface area contributed by atoms with E-state index < -0.39 is 23.9 Å². The van der Waals surface area contributed by atoms with Crippen LogP contribution in [0.3, 0.4) is 0 Å². The molecule has 6 rings (SSSR count). The molecular weight excluding hydrogens is 833 g/mol. The highest BCUT2D eigenvalue weighted by atomic mass is 16.6. The molecule has 0 spiro atoms. The standard InChI is InChI=1S/C52H50O13/c1-4-59-41-20-28-44(29-21-41)62-49(53)36-11-13-37(14-12-36)50(54)63-45-30-22-42(23-31-45)60-33-9-7-5-6-8-10-34-61-48-35-38(51(55)64-43-24-16-39(57-2)17-25-43)15-32-47(48)52(56)65-46-26-18-40(58-3)19-27-46/h11-32,35H,4-10,33-34H2,1-3H3. The van der Waals surface area contributed by atoms with E-state index >= 15 is 0 Å². The zero-order chi connectivity index (χ0) is 45.8. The number of methoxy groups -OCH3 is 2. The fourth-order valence-electron chi connectivity index (χ4n) is 6.29. The van der Waals surface area contributed by atoms with Crippen LogP contribution in [0, 0.1) is 0 Å². The summed E-state index contributed by atoms with van der Waals surface area (Å²) in [5, 5.41) is 0. The highest BCUT2D eigenvalue weighted by Crippen LogP contribution is 2.27. The van der Waals surface area contributed by atoms with Gasteiger partial charge in [0.2, 0.25) is 0 Å². The summed E-state index contributed by atoms with van der Waals surface area (Å²) in [6.45, 7) is 3.28. The first-order chi connectivity index (χ1) is 31.7. The van der Waals surface area contributed by atoms with Crippen LogP contribution in [0.25, 0.3) is 0 Å². The van der Waals surface area contributed by atoms with Crippen molar-refractivity contribution in [1.29, 1.82) is 0 Å². The summed E-state index contributed by atoms with van der Waals surface area (Å²) < 4.78 is 49.8. The number of ether oxygens (including phenoxy) is 9. The van der Waals surface area contributed by atoms with Crippen LogP contribution >= 0.6 is 0 Å². The number of hydrogen-bond donors (Lipinski definition) is 0. The van der Waals surface area contributed by atoms with Crippen molar-refractivity contribution >= 4 is 23.9 Å². The Labute approximate surface area is 377 Å². The number of hydrogen-bond acceptors (Lipinski definition) is 13. The van der Waals surface area contributed by atoms with E-state index in [9.17, 15) is 19.2 Å². The molecule has 336 valence electrons. The lowest BCUT2D eigenvalue weighted by Crippen LogP contribution is -2.14. The van der Waals surface area contributed by atoms with Crippen LogP contribution in [0.2, 0.25) is 0 Å². The second kappa shape index (κ2) is 24.2. The van der Waals surface area contributed by atoms with Crippen molar-refractivity contribution < 1.29 is 61.8 Å². The maximum Gasteiger partial charge on any atom is 0.347 e. The molecule has 0 atom stereocenters. The molecule has 13 heteroatoms. The Bertz CT molecular complexity index is 2460. The zero-order valence-electron chi connectivity index (χ0n) is 36.5. The number of benzene rings is 6. The van der Waals surface area contributed by atoms with Gasteiger partial charge in [-0.15, -0.1) is 0 Å². The summed E-state index contributed by atoms with van der Waals surface area (Å²) in [6.07, 6.45) is 5.42. The molecule has 0 fully saturated rings. The molecule has 0 saturated heterocycles.